The van der Waals surface area contributed by atoms with Crippen LogP contribution in [0.5, 0.6) is 0 Å². The molecule has 8 nitrogen and oxygen atoms in total. The molecule has 4 heterocycles. The number of nitrogens with zero attached hydrogens (tertiary/aromatic N) is 5. The Balaban J connectivity index is 1.36. The number of amides is 1. The highest BCUT2D eigenvalue weighted by atomic mass is 19.4. The number of nitrogens with one attached hydrogen (secondary N) is 1. The summed E-state index contributed by atoms with van der Waals surface area (Å²) in [5, 5.41) is 12.3. The van der Waals surface area contributed by atoms with Crippen LogP contribution in [0.4, 0.5) is 18.9 Å². The van der Waals surface area contributed by atoms with Gasteiger partial charge in [0, 0.05) is 45.0 Å². The number of benzene rings is 1. The second-order valence-corrected chi connectivity index (χ2v) is 9.00. The van der Waals surface area contributed by atoms with Crippen molar-refractivity contribution in [3.8, 4) is 6.07 Å². The van der Waals surface area contributed by atoms with Crippen molar-refractivity contribution in [1.82, 2.24) is 20.2 Å². The monoisotopic (exact) mass is 460 g/mol. The molecule has 11 heteroatoms. The van der Waals surface area contributed by atoms with Crippen LogP contribution in [-0.2, 0) is 9.53 Å². The number of likely N-dealkylation sites (tertiary alicyclic amines) is 1. The molecule has 1 spiro atoms. The number of fused-ring (bicyclic) bond motifs is 1. The molecule has 2 aromatic rings. The molecule has 2 unspecified atom stereocenters. The van der Waals surface area contributed by atoms with Crippen molar-refractivity contribution in [3.05, 3.63) is 30.1 Å². The van der Waals surface area contributed by atoms with Crippen LogP contribution >= 0.6 is 0 Å². The summed E-state index contributed by atoms with van der Waals surface area (Å²) in [6.07, 6.45) is -2.07. The number of nitriles is 1. The summed E-state index contributed by atoms with van der Waals surface area (Å²) in [4.78, 5) is 23.6. The Morgan fingerprint density at radius 1 is 1.18 bits per heavy atom. The maximum absolute atomic E-state index is 13.7. The SMILES string of the molecule is N#Cc1ccc(N2CC(CN3CCC4(CC3)CC(=O)N4)OC(C(F)(F)F)C2)c2nccnc12. The number of anilines is 1. The fraction of sp³-hybridized carbons (Fsp3) is 0.545. The number of rotatable bonds is 3. The minimum Gasteiger partial charge on any atom is -0.364 e. The van der Waals surface area contributed by atoms with Crippen LogP contribution in [0.15, 0.2) is 24.5 Å². The van der Waals surface area contributed by atoms with Crippen LogP contribution in [0.3, 0.4) is 0 Å². The van der Waals surface area contributed by atoms with Crippen LogP contribution < -0.4 is 10.2 Å². The topological polar surface area (TPSA) is 94.4 Å². The number of hydrogen-bond donors (Lipinski definition) is 1. The van der Waals surface area contributed by atoms with Gasteiger partial charge in [-0.1, -0.05) is 0 Å². The molecule has 0 saturated carbocycles. The zero-order valence-electron chi connectivity index (χ0n) is 17.8. The van der Waals surface area contributed by atoms with E-state index in [1.54, 1.807) is 17.0 Å². The van der Waals surface area contributed by atoms with Crippen LogP contribution in [0.25, 0.3) is 11.0 Å². The highest BCUT2D eigenvalue weighted by molar-refractivity contribution is 5.92. The van der Waals surface area contributed by atoms with E-state index in [1.165, 1.54) is 12.4 Å². The molecule has 0 aliphatic carbocycles. The van der Waals surface area contributed by atoms with Crippen molar-refractivity contribution in [3.63, 3.8) is 0 Å². The maximum Gasteiger partial charge on any atom is 0.416 e. The summed E-state index contributed by atoms with van der Waals surface area (Å²) in [7, 11) is 0. The number of piperidine rings is 1. The first-order valence-electron chi connectivity index (χ1n) is 10.9. The first-order chi connectivity index (χ1) is 15.8. The lowest BCUT2D eigenvalue weighted by Crippen LogP contribution is -2.65. The van der Waals surface area contributed by atoms with Gasteiger partial charge in [0.15, 0.2) is 6.10 Å². The molecule has 0 radical (unpaired) electrons. The third kappa shape index (κ3) is 4.20. The number of aromatic nitrogens is 2. The van der Waals surface area contributed by atoms with Crippen LogP contribution in [0.2, 0.25) is 0 Å². The molecule has 2 atom stereocenters. The zero-order chi connectivity index (χ0) is 23.2. The van der Waals surface area contributed by atoms with Gasteiger partial charge in [0.05, 0.1) is 29.4 Å². The Bertz CT molecular complexity index is 1100. The zero-order valence-corrected chi connectivity index (χ0v) is 17.8. The summed E-state index contributed by atoms with van der Waals surface area (Å²) in [6.45, 7) is 1.67. The minimum absolute atomic E-state index is 0.0560. The first kappa shape index (κ1) is 21.9. The van der Waals surface area contributed by atoms with Crippen molar-refractivity contribution < 1.29 is 22.7 Å². The maximum atomic E-state index is 13.7. The third-order valence-electron chi connectivity index (χ3n) is 6.78. The highest BCUT2D eigenvalue weighted by Crippen LogP contribution is 2.35. The van der Waals surface area contributed by atoms with Crippen LogP contribution in [-0.4, -0.2) is 77.4 Å². The summed E-state index contributed by atoms with van der Waals surface area (Å²) < 4.78 is 46.7. The Hall–Kier alpha value is -2.97. The van der Waals surface area contributed by atoms with Gasteiger partial charge in [-0.25, -0.2) is 0 Å². The molecule has 1 amide bonds. The van der Waals surface area contributed by atoms with E-state index in [-0.39, 0.29) is 24.5 Å². The standard InChI is InChI=1S/C22H23F3N6O2/c23-22(24,25)17-13-31(16-2-1-14(10-26)19-20(16)28-6-5-27-19)12-15(33-17)11-30-7-3-21(4-8-30)9-18(32)29-21/h1-2,5-6,15,17H,3-4,7-9,11-13H2,(H,29,32). The predicted octanol–water partition coefficient (Wildman–Crippen LogP) is 1.99. The van der Waals surface area contributed by atoms with Gasteiger partial charge in [0.2, 0.25) is 5.91 Å². The number of morpholine rings is 1. The van der Waals surface area contributed by atoms with Gasteiger partial charge in [-0.05, 0) is 25.0 Å². The van der Waals surface area contributed by atoms with Gasteiger partial charge >= 0.3 is 6.18 Å². The molecule has 5 rings (SSSR count). The smallest absolute Gasteiger partial charge is 0.364 e. The van der Waals surface area contributed by atoms with E-state index in [1.807, 2.05) is 0 Å². The number of halogens is 3. The molecule has 0 bridgehead atoms. The van der Waals surface area contributed by atoms with E-state index in [4.69, 9.17) is 4.74 Å². The van der Waals surface area contributed by atoms with E-state index in [0.717, 1.165) is 12.8 Å². The van der Waals surface area contributed by atoms with Crippen molar-refractivity contribution in [2.75, 3.05) is 37.6 Å². The summed E-state index contributed by atoms with van der Waals surface area (Å²) in [6, 6.07) is 5.26. The highest BCUT2D eigenvalue weighted by Gasteiger charge is 2.48. The molecule has 1 aromatic heterocycles. The quantitative estimate of drug-likeness (QED) is 0.700. The number of carbonyl (C=O) groups is 1. The predicted molar refractivity (Wildman–Crippen MR) is 112 cm³/mol. The van der Waals surface area contributed by atoms with E-state index in [2.05, 4.69) is 26.3 Å². The van der Waals surface area contributed by atoms with E-state index >= 15 is 0 Å². The number of ether oxygens (including phenoxy) is 1. The molecule has 3 fully saturated rings. The number of carbonyl (C=O) groups excluding carboxylic acids is 1. The van der Waals surface area contributed by atoms with Gasteiger partial charge in [0.1, 0.15) is 17.1 Å². The van der Waals surface area contributed by atoms with Gasteiger partial charge in [-0.3, -0.25) is 14.8 Å². The number of β-lactam (4-membered cyclic amide) rings is 1. The van der Waals surface area contributed by atoms with Gasteiger partial charge in [0.25, 0.3) is 0 Å². The number of hydrogen-bond acceptors (Lipinski definition) is 7. The summed E-state index contributed by atoms with van der Waals surface area (Å²) in [5.41, 5.74) is 1.47. The Morgan fingerprint density at radius 2 is 1.88 bits per heavy atom. The molecule has 3 saturated heterocycles. The third-order valence-corrected chi connectivity index (χ3v) is 6.78. The fourth-order valence-electron chi connectivity index (χ4n) is 5.04. The molecule has 3 aliphatic rings. The number of alkyl halides is 3. The van der Waals surface area contributed by atoms with Crippen molar-refractivity contribution in [2.45, 2.75) is 43.2 Å². The average molecular weight is 460 g/mol. The largest absolute Gasteiger partial charge is 0.416 e. The van der Waals surface area contributed by atoms with E-state index in [0.29, 0.717) is 48.3 Å². The normalized spacial score (nSPS) is 25.5. The molecule has 33 heavy (non-hydrogen) atoms. The molecular formula is C22H23F3N6O2. The lowest BCUT2D eigenvalue weighted by Gasteiger charge is -2.49. The molecular weight excluding hydrogens is 437 g/mol. The minimum atomic E-state index is -4.51. The van der Waals surface area contributed by atoms with Crippen LogP contribution in [0.1, 0.15) is 24.8 Å². The van der Waals surface area contributed by atoms with Crippen LogP contribution in [0, 0.1) is 11.3 Å². The Kier molecular flexibility index (Phi) is 5.37. The average Bonchev–Trinajstić information content (AvgIpc) is 2.78. The van der Waals surface area contributed by atoms with Gasteiger partial charge in [-0.2, -0.15) is 18.4 Å². The lowest BCUT2D eigenvalue weighted by atomic mass is 9.78. The molecule has 3 aliphatic heterocycles. The second-order valence-electron chi connectivity index (χ2n) is 9.00. The van der Waals surface area contributed by atoms with Crippen molar-refractivity contribution in [2.24, 2.45) is 0 Å². The molecule has 1 N–H and O–H groups in total. The Labute approximate surface area is 188 Å². The van der Waals surface area contributed by atoms with Crippen molar-refractivity contribution in [1.29, 1.82) is 5.26 Å². The lowest BCUT2D eigenvalue weighted by molar-refractivity contribution is -0.237. The molecule has 174 valence electrons. The Morgan fingerprint density at radius 3 is 2.52 bits per heavy atom. The molecule has 1 aromatic carbocycles. The second kappa shape index (κ2) is 8.11. The van der Waals surface area contributed by atoms with Gasteiger partial charge < -0.3 is 19.9 Å². The van der Waals surface area contributed by atoms with Gasteiger partial charge in [-0.15, -0.1) is 0 Å². The first-order valence-corrected chi connectivity index (χ1v) is 10.9. The van der Waals surface area contributed by atoms with E-state index < -0.39 is 18.4 Å². The summed E-state index contributed by atoms with van der Waals surface area (Å²) >= 11 is 0. The van der Waals surface area contributed by atoms with E-state index in [9.17, 15) is 23.2 Å². The summed E-state index contributed by atoms with van der Waals surface area (Å²) in [5.74, 6) is 0.0560. The fourth-order valence-corrected chi connectivity index (χ4v) is 5.04. The van der Waals surface area contributed by atoms with Crippen molar-refractivity contribution >= 4 is 22.6 Å².